The molecular formula is C73H115N9O18S3. The van der Waals surface area contributed by atoms with Gasteiger partial charge in [-0.2, -0.15) is 0 Å². The second-order valence-electron chi connectivity index (χ2n) is 28.4. The van der Waals surface area contributed by atoms with Crippen LogP contribution in [0, 0.1) is 35.5 Å². The van der Waals surface area contributed by atoms with Gasteiger partial charge in [0.2, 0.25) is 70.9 Å². The van der Waals surface area contributed by atoms with Crippen LogP contribution in [0.4, 0.5) is 0 Å². The Kier molecular flexibility index (Phi) is 39.3. The Hall–Kier alpha value is -5.82. The fourth-order valence-corrected chi connectivity index (χ4v) is 17.6. The van der Waals surface area contributed by atoms with Crippen molar-refractivity contribution in [3.63, 3.8) is 0 Å². The number of imide groups is 3. The highest BCUT2D eigenvalue weighted by atomic mass is 32.2. The molecule has 578 valence electrons. The average Bonchev–Trinajstić information content (AvgIpc) is 1.69. The smallest absolute Gasteiger partial charge is 0.248 e. The van der Waals surface area contributed by atoms with Gasteiger partial charge in [0.1, 0.15) is 37.2 Å². The van der Waals surface area contributed by atoms with Crippen molar-refractivity contribution in [3.05, 3.63) is 0 Å². The van der Waals surface area contributed by atoms with E-state index in [0.717, 1.165) is 83.5 Å². The SMILES string of the molecule is CCCN(CCCCCN(CCCCCNC(=O)COCCNC(=O)CCSC1CC(=O)N(CC2CCC(C(C)=O)CC2)C1=O)C(=O)COCCNC(=O)CCSC1CC(=O)N(CC2CCC(C(C)=O)CC2)C1=O)C(=O)COCCNC(=O)CCSC1CC(=O)N(CC2CCC(C(C)=O)CC2)C1=O. The number of ketones is 3. The van der Waals surface area contributed by atoms with Crippen LogP contribution in [-0.4, -0.2) is 257 Å². The number of hydrogen-bond donors (Lipinski definition) is 4. The summed E-state index contributed by atoms with van der Waals surface area (Å²) in [6.45, 7) is 10.5. The summed E-state index contributed by atoms with van der Waals surface area (Å²) in [5.74, 6) is -0.273. The predicted octanol–water partition coefficient (Wildman–Crippen LogP) is 4.85. The molecule has 6 fully saturated rings. The van der Waals surface area contributed by atoms with E-state index in [4.69, 9.17) is 14.2 Å². The Labute approximate surface area is 620 Å². The molecule has 3 atom stereocenters. The zero-order valence-electron chi connectivity index (χ0n) is 61.3. The number of Topliss-reactive ketones (excluding diaryl/α,β-unsaturated/α-hetero) is 3. The van der Waals surface area contributed by atoms with Crippen LogP contribution in [0.3, 0.4) is 0 Å². The minimum atomic E-state index is -0.537. The number of thioether (sulfide) groups is 3. The van der Waals surface area contributed by atoms with Gasteiger partial charge in [-0.3, -0.25) is 86.6 Å². The van der Waals surface area contributed by atoms with Gasteiger partial charge in [-0.15, -0.1) is 35.3 Å². The Morgan fingerprint density at radius 2 is 0.689 bits per heavy atom. The number of carbonyl (C=O) groups excluding carboxylic acids is 15. The number of nitrogens with zero attached hydrogens (tertiary/aromatic N) is 5. The standard InChI is InChI=1S/C73H115N9O18S3/c1-5-31-78(69(93)48-99-36-29-76-63(87)25-39-102-60-42-67(91)81(72(60)96)45-54-14-20-57(21-15-54)51(3)84)32-10-7-11-34-79(70(94)49-100-37-30-77-64(88)26-40-103-61-43-68(92)82(73(61)97)46-55-16-22-58(23-17-55)52(4)85)33-9-6-8-27-74-65(89)47-98-35-28-75-62(86)24-38-101-59-41-66(90)80(71(59)95)44-53-12-18-56(19-13-53)50(2)83/h53-61H,5-49H2,1-4H3,(H,74,89)(H,75,86)(H,76,87)(H,77,88). The minimum Gasteiger partial charge on any atom is -0.370 e. The molecule has 3 saturated heterocycles. The third-order valence-corrected chi connectivity index (χ3v) is 24.1. The quantitative estimate of drug-likeness (QED) is 0.0467. The first-order chi connectivity index (χ1) is 49.5. The largest absolute Gasteiger partial charge is 0.370 e. The van der Waals surface area contributed by atoms with E-state index in [1.165, 1.54) is 50.0 Å². The van der Waals surface area contributed by atoms with Gasteiger partial charge < -0.3 is 45.3 Å². The number of unbranched alkanes of at least 4 members (excludes halogenated alkanes) is 4. The van der Waals surface area contributed by atoms with Crippen molar-refractivity contribution in [3.8, 4) is 0 Å². The molecule has 6 aliphatic rings. The van der Waals surface area contributed by atoms with Crippen LogP contribution in [0.2, 0.25) is 0 Å². The second kappa shape index (κ2) is 47.0. The molecule has 27 nitrogen and oxygen atoms in total. The first-order valence-corrected chi connectivity index (χ1v) is 40.9. The number of carbonyl (C=O) groups is 15. The first-order valence-electron chi connectivity index (χ1n) is 37.8. The summed E-state index contributed by atoms with van der Waals surface area (Å²) < 4.78 is 16.9. The normalized spacial score (nSPS) is 22.9. The summed E-state index contributed by atoms with van der Waals surface area (Å²) >= 11 is 3.90. The van der Waals surface area contributed by atoms with E-state index in [1.807, 2.05) is 6.92 Å². The number of hydrogen-bond acceptors (Lipinski definition) is 21. The van der Waals surface area contributed by atoms with Gasteiger partial charge in [-0.1, -0.05) is 6.92 Å². The molecule has 0 spiro atoms. The Bertz CT molecular complexity index is 2870. The van der Waals surface area contributed by atoms with Crippen LogP contribution in [-0.2, 0) is 86.1 Å². The molecule has 3 heterocycles. The maximum Gasteiger partial charge on any atom is 0.248 e. The number of ether oxygens (including phenoxy) is 3. The van der Waals surface area contributed by atoms with Gasteiger partial charge in [0.25, 0.3) is 0 Å². The topological polar surface area (TPSA) is 348 Å². The monoisotopic (exact) mass is 1500 g/mol. The number of amides is 12. The van der Waals surface area contributed by atoms with Crippen LogP contribution < -0.4 is 21.3 Å². The van der Waals surface area contributed by atoms with Gasteiger partial charge in [0.15, 0.2) is 0 Å². The van der Waals surface area contributed by atoms with Crippen LogP contribution in [0.25, 0.3) is 0 Å². The van der Waals surface area contributed by atoms with Crippen molar-refractivity contribution in [2.45, 2.75) is 204 Å². The predicted molar refractivity (Wildman–Crippen MR) is 391 cm³/mol. The highest BCUT2D eigenvalue weighted by molar-refractivity contribution is 8.01. The Balaban J connectivity index is 0.828. The molecule has 0 aromatic rings. The van der Waals surface area contributed by atoms with E-state index in [9.17, 15) is 71.9 Å². The number of nitrogens with one attached hydrogen (secondary N) is 4. The number of likely N-dealkylation sites (tertiary alicyclic amines) is 3. The highest BCUT2D eigenvalue weighted by Crippen LogP contribution is 2.36. The van der Waals surface area contributed by atoms with E-state index in [1.54, 1.807) is 30.6 Å². The third kappa shape index (κ3) is 30.9. The molecule has 0 radical (unpaired) electrons. The summed E-state index contributed by atoms with van der Waals surface area (Å²) in [6.07, 6.45) is 15.1. The molecule has 0 bridgehead atoms. The zero-order chi connectivity index (χ0) is 74.6. The third-order valence-electron chi connectivity index (χ3n) is 20.5. The van der Waals surface area contributed by atoms with E-state index in [-0.39, 0.29) is 222 Å². The molecule has 30 heteroatoms. The lowest BCUT2D eigenvalue weighted by Gasteiger charge is -2.29. The molecule has 3 aliphatic carbocycles. The first kappa shape index (κ1) is 86.1. The van der Waals surface area contributed by atoms with Gasteiger partial charge in [-0.25, -0.2) is 0 Å². The van der Waals surface area contributed by atoms with Crippen molar-refractivity contribution in [2.75, 3.05) is 129 Å². The van der Waals surface area contributed by atoms with E-state index in [0.29, 0.717) is 108 Å². The average molecular weight is 1500 g/mol. The molecule has 103 heavy (non-hydrogen) atoms. The van der Waals surface area contributed by atoms with Crippen LogP contribution in [0.15, 0.2) is 0 Å². The molecule has 3 saturated carbocycles. The summed E-state index contributed by atoms with van der Waals surface area (Å²) in [5.41, 5.74) is 0. The van der Waals surface area contributed by atoms with E-state index in [2.05, 4.69) is 21.3 Å². The second-order valence-corrected chi connectivity index (χ2v) is 32.3. The molecule has 0 aromatic carbocycles. The molecule has 0 aromatic heterocycles. The van der Waals surface area contributed by atoms with Gasteiger partial charge in [0, 0.05) is 146 Å². The van der Waals surface area contributed by atoms with Crippen molar-refractivity contribution in [2.24, 2.45) is 35.5 Å². The lowest BCUT2D eigenvalue weighted by Crippen LogP contribution is -2.37. The maximum absolute atomic E-state index is 13.6. The Morgan fingerprint density at radius 3 is 1.01 bits per heavy atom. The molecule has 3 unspecified atom stereocenters. The van der Waals surface area contributed by atoms with Crippen molar-refractivity contribution < 1.29 is 86.1 Å². The summed E-state index contributed by atoms with van der Waals surface area (Å²) in [5, 5.41) is 9.62. The van der Waals surface area contributed by atoms with Crippen LogP contribution >= 0.6 is 35.3 Å². The van der Waals surface area contributed by atoms with Crippen molar-refractivity contribution >= 4 is 124 Å². The van der Waals surface area contributed by atoms with Gasteiger partial charge in [-0.05, 0) is 161 Å². The molecule has 6 rings (SSSR count). The summed E-state index contributed by atoms with van der Waals surface area (Å²) in [6, 6.07) is 0. The van der Waals surface area contributed by atoms with Crippen LogP contribution in [0.5, 0.6) is 0 Å². The fourth-order valence-electron chi connectivity index (χ4n) is 14.2. The van der Waals surface area contributed by atoms with Gasteiger partial charge >= 0.3 is 0 Å². The molecule has 3 aliphatic heterocycles. The molecular weight excluding hydrogens is 1390 g/mol. The van der Waals surface area contributed by atoms with E-state index >= 15 is 0 Å². The van der Waals surface area contributed by atoms with Crippen molar-refractivity contribution in [1.29, 1.82) is 0 Å². The lowest BCUT2D eigenvalue weighted by atomic mass is 9.80. The molecule has 12 amide bonds. The highest BCUT2D eigenvalue weighted by Gasteiger charge is 2.43. The van der Waals surface area contributed by atoms with Crippen molar-refractivity contribution in [1.82, 2.24) is 45.8 Å². The summed E-state index contributed by atoms with van der Waals surface area (Å²) in [4.78, 5) is 198. The minimum absolute atomic E-state index is 0.0553. The fraction of sp³-hybridized carbons (Fsp3) is 0.795. The van der Waals surface area contributed by atoms with Gasteiger partial charge in [0.05, 0.1) is 35.6 Å². The van der Waals surface area contributed by atoms with Crippen LogP contribution in [0.1, 0.15) is 188 Å². The van der Waals surface area contributed by atoms with E-state index < -0.39 is 15.7 Å². The zero-order valence-corrected chi connectivity index (χ0v) is 63.8. The lowest BCUT2D eigenvalue weighted by molar-refractivity contribution is -0.140. The molecule has 4 N–H and O–H groups in total. The Morgan fingerprint density at radius 1 is 0.388 bits per heavy atom. The summed E-state index contributed by atoms with van der Waals surface area (Å²) in [7, 11) is 0. The maximum atomic E-state index is 13.6. The number of rotatable bonds is 50.